The molecule has 2 aromatic carbocycles. The van der Waals surface area contributed by atoms with E-state index < -0.39 is 11.9 Å². The Balaban J connectivity index is 1.47. The van der Waals surface area contributed by atoms with Gasteiger partial charge in [-0.15, -0.1) is 0 Å². The Labute approximate surface area is 201 Å². The quantitative estimate of drug-likeness (QED) is 0.355. The Hall–Kier alpha value is -3.94. The van der Waals surface area contributed by atoms with Gasteiger partial charge in [0.25, 0.3) is 0 Å². The van der Waals surface area contributed by atoms with Crippen molar-refractivity contribution in [3.05, 3.63) is 95.7 Å². The van der Waals surface area contributed by atoms with Gasteiger partial charge in [0, 0.05) is 24.7 Å². The highest BCUT2D eigenvalue weighted by molar-refractivity contribution is 5.68. The zero-order valence-corrected chi connectivity index (χ0v) is 19.0. The third-order valence-electron chi connectivity index (χ3n) is 5.93. The van der Waals surface area contributed by atoms with Crippen LogP contribution >= 0.6 is 0 Å². The Kier molecular flexibility index (Phi) is 6.35. The van der Waals surface area contributed by atoms with Crippen LogP contribution in [0, 0.1) is 0 Å². The van der Waals surface area contributed by atoms with Gasteiger partial charge in [-0.05, 0) is 36.5 Å². The second kappa shape index (κ2) is 9.74. The van der Waals surface area contributed by atoms with Crippen LogP contribution < -0.4 is 10.2 Å². The molecular formula is C27H24F3N5. The molecule has 0 aliphatic carbocycles. The average Bonchev–Trinajstić information content (AvgIpc) is 2.88. The van der Waals surface area contributed by atoms with Crippen molar-refractivity contribution in [3.8, 4) is 11.3 Å². The van der Waals surface area contributed by atoms with Gasteiger partial charge in [-0.1, -0.05) is 66.7 Å². The molecule has 0 radical (unpaired) electrons. The minimum absolute atomic E-state index is 0.0444. The normalized spacial score (nSPS) is 13.4. The molecule has 5 nitrogen and oxygen atoms in total. The predicted molar refractivity (Wildman–Crippen MR) is 131 cm³/mol. The monoisotopic (exact) mass is 475 g/mol. The molecule has 1 N–H and O–H groups in total. The zero-order valence-electron chi connectivity index (χ0n) is 19.0. The van der Waals surface area contributed by atoms with Crippen LogP contribution in [0.1, 0.15) is 23.2 Å². The largest absolute Gasteiger partial charge is 0.433 e. The number of nitrogens with one attached hydrogen (secondary N) is 1. The lowest BCUT2D eigenvalue weighted by Crippen LogP contribution is -2.28. The maximum absolute atomic E-state index is 13.7. The Bertz CT molecular complexity index is 1290. The maximum Gasteiger partial charge on any atom is 0.433 e. The fourth-order valence-electron chi connectivity index (χ4n) is 4.19. The predicted octanol–water partition coefficient (Wildman–Crippen LogP) is 6.30. The highest BCUT2D eigenvalue weighted by atomic mass is 19.4. The summed E-state index contributed by atoms with van der Waals surface area (Å²) in [4.78, 5) is 14.8. The minimum atomic E-state index is -4.59. The van der Waals surface area contributed by atoms with Gasteiger partial charge < -0.3 is 10.2 Å². The van der Waals surface area contributed by atoms with Crippen molar-refractivity contribution in [2.75, 3.05) is 23.3 Å². The number of hydrogen-bond donors (Lipinski definition) is 1. The number of aryl methyl sites for hydroxylation is 1. The molecule has 0 atom stereocenters. The number of nitrogens with zero attached hydrogens (tertiary/aromatic N) is 4. The Morgan fingerprint density at radius 2 is 1.60 bits per heavy atom. The van der Waals surface area contributed by atoms with Crippen LogP contribution in [0.3, 0.4) is 0 Å². The molecule has 0 saturated heterocycles. The molecule has 1 aliphatic heterocycles. The smallest absolute Gasteiger partial charge is 0.354 e. The van der Waals surface area contributed by atoms with Crippen LogP contribution in [0.5, 0.6) is 0 Å². The molecule has 35 heavy (non-hydrogen) atoms. The second-order valence-electron chi connectivity index (χ2n) is 8.40. The highest BCUT2D eigenvalue weighted by Gasteiger charge is 2.35. The summed E-state index contributed by atoms with van der Waals surface area (Å²) in [6, 6.07) is 24.4. The van der Waals surface area contributed by atoms with Gasteiger partial charge in [0.05, 0.1) is 5.69 Å². The number of halogens is 3. The summed E-state index contributed by atoms with van der Waals surface area (Å²) in [5, 5.41) is 2.98. The summed E-state index contributed by atoms with van der Waals surface area (Å²) in [7, 11) is 0. The molecule has 8 heteroatoms. The lowest BCUT2D eigenvalue weighted by Gasteiger charge is -2.30. The molecule has 0 unspecified atom stereocenters. The van der Waals surface area contributed by atoms with Crippen molar-refractivity contribution in [2.45, 2.75) is 25.4 Å². The molecule has 0 spiro atoms. The van der Waals surface area contributed by atoms with Crippen molar-refractivity contribution in [1.29, 1.82) is 0 Å². The number of hydrogen-bond acceptors (Lipinski definition) is 5. The highest BCUT2D eigenvalue weighted by Crippen LogP contribution is 2.36. The number of alkyl halides is 3. The molecule has 0 fully saturated rings. The molecule has 0 bridgehead atoms. The van der Waals surface area contributed by atoms with Gasteiger partial charge in [-0.2, -0.15) is 18.2 Å². The first kappa shape index (κ1) is 22.8. The summed E-state index contributed by atoms with van der Waals surface area (Å²) in [6.07, 6.45) is -2.34. The minimum Gasteiger partial charge on any atom is -0.354 e. The van der Waals surface area contributed by atoms with Crippen molar-refractivity contribution in [2.24, 2.45) is 0 Å². The third-order valence-corrected chi connectivity index (χ3v) is 5.93. The standard InChI is InChI=1S/C27H24F3N5/c28-27(29,30)23-18-24(34-26(33-23)31-16-15-19-8-3-1-4-9-19)35-17-7-12-21-13-14-22(32-25(21)35)20-10-5-2-6-11-20/h1-6,8-11,13-14,18H,7,12,15-17H2,(H,31,33,34). The van der Waals surface area contributed by atoms with E-state index in [0.717, 1.165) is 41.3 Å². The van der Waals surface area contributed by atoms with Crippen LogP contribution in [0.2, 0.25) is 0 Å². The van der Waals surface area contributed by atoms with E-state index in [-0.39, 0.29) is 11.8 Å². The SMILES string of the molecule is FC(F)(F)c1cc(N2CCCc3ccc(-c4ccccc4)nc32)nc(NCCc2ccccc2)n1. The van der Waals surface area contributed by atoms with Gasteiger partial charge in [-0.3, -0.25) is 0 Å². The number of aromatic nitrogens is 3. The van der Waals surface area contributed by atoms with Crippen molar-refractivity contribution < 1.29 is 13.2 Å². The number of anilines is 3. The molecule has 5 rings (SSSR count). The Morgan fingerprint density at radius 1 is 0.857 bits per heavy atom. The van der Waals surface area contributed by atoms with Crippen LogP contribution in [0.4, 0.5) is 30.8 Å². The van der Waals surface area contributed by atoms with Crippen LogP contribution in [-0.4, -0.2) is 28.0 Å². The van der Waals surface area contributed by atoms with E-state index >= 15 is 0 Å². The van der Waals surface area contributed by atoms with E-state index in [2.05, 4.69) is 15.3 Å². The number of fused-ring (bicyclic) bond motifs is 1. The van der Waals surface area contributed by atoms with E-state index in [1.54, 1.807) is 4.90 Å². The maximum atomic E-state index is 13.7. The van der Waals surface area contributed by atoms with Crippen LogP contribution in [-0.2, 0) is 19.0 Å². The molecule has 0 saturated carbocycles. The van der Waals surface area contributed by atoms with E-state index in [1.165, 1.54) is 0 Å². The van der Waals surface area contributed by atoms with Gasteiger partial charge in [0.2, 0.25) is 5.95 Å². The molecule has 3 heterocycles. The second-order valence-corrected chi connectivity index (χ2v) is 8.40. The van der Waals surface area contributed by atoms with E-state index in [4.69, 9.17) is 4.98 Å². The van der Waals surface area contributed by atoms with Crippen LogP contribution in [0.15, 0.2) is 78.9 Å². The summed E-state index contributed by atoms with van der Waals surface area (Å²) < 4.78 is 41.2. The van der Waals surface area contributed by atoms with Crippen LogP contribution in [0.25, 0.3) is 11.3 Å². The van der Waals surface area contributed by atoms with Gasteiger partial charge >= 0.3 is 6.18 Å². The summed E-state index contributed by atoms with van der Waals surface area (Å²) in [6.45, 7) is 0.938. The summed E-state index contributed by atoms with van der Waals surface area (Å²) >= 11 is 0. The molecule has 2 aromatic heterocycles. The average molecular weight is 476 g/mol. The number of pyridine rings is 1. The zero-order chi connectivity index (χ0) is 24.3. The van der Waals surface area contributed by atoms with Crippen molar-refractivity contribution in [3.63, 3.8) is 0 Å². The van der Waals surface area contributed by atoms with Crippen molar-refractivity contribution >= 4 is 17.6 Å². The first-order valence-electron chi connectivity index (χ1n) is 11.5. The summed E-state index contributed by atoms with van der Waals surface area (Å²) in [5.74, 6) is 0.782. The lowest BCUT2D eigenvalue weighted by atomic mass is 10.0. The van der Waals surface area contributed by atoms with Gasteiger partial charge in [-0.25, -0.2) is 9.97 Å². The van der Waals surface area contributed by atoms with Gasteiger partial charge in [0.15, 0.2) is 5.69 Å². The first-order chi connectivity index (χ1) is 17.0. The van der Waals surface area contributed by atoms with E-state index in [0.29, 0.717) is 25.3 Å². The molecular weight excluding hydrogens is 451 g/mol. The Morgan fingerprint density at radius 3 is 2.34 bits per heavy atom. The van der Waals surface area contributed by atoms with E-state index in [9.17, 15) is 13.2 Å². The molecule has 178 valence electrons. The van der Waals surface area contributed by atoms with E-state index in [1.807, 2.05) is 72.8 Å². The number of rotatable bonds is 6. The number of benzene rings is 2. The first-order valence-corrected chi connectivity index (χ1v) is 11.5. The third kappa shape index (κ3) is 5.26. The topological polar surface area (TPSA) is 53.9 Å². The molecule has 1 aliphatic rings. The summed E-state index contributed by atoms with van der Waals surface area (Å²) in [5.41, 5.74) is 2.80. The lowest BCUT2D eigenvalue weighted by molar-refractivity contribution is -0.141. The molecule has 4 aromatic rings. The van der Waals surface area contributed by atoms with Gasteiger partial charge in [0.1, 0.15) is 11.6 Å². The van der Waals surface area contributed by atoms with Crippen molar-refractivity contribution in [1.82, 2.24) is 15.0 Å². The fourth-order valence-corrected chi connectivity index (χ4v) is 4.19. The molecule has 0 amide bonds. The fraction of sp³-hybridized carbons (Fsp3) is 0.222.